The maximum Gasteiger partial charge on any atom is 0.253 e. The van der Waals surface area contributed by atoms with Gasteiger partial charge in [0.05, 0.1) is 16.7 Å². The molecule has 1 amide bonds. The Bertz CT molecular complexity index is 1630. The fraction of sp³-hybridized carbons (Fsp3) is 0.323. The van der Waals surface area contributed by atoms with Crippen molar-refractivity contribution >= 4 is 49.3 Å². The van der Waals surface area contributed by atoms with Crippen molar-refractivity contribution in [2.24, 2.45) is 0 Å². The number of piperidine rings is 1. The Morgan fingerprint density at radius 2 is 1.88 bits per heavy atom. The number of imidazole rings is 1. The van der Waals surface area contributed by atoms with E-state index in [2.05, 4.69) is 4.98 Å². The van der Waals surface area contributed by atoms with E-state index < -0.39 is 9.71 Å². The van der Waals surface area contributed by atoms with Crippen LogP contribution in [0.3, 0.4) is 0 Å². The normalized spacial score (nSPS) is 19.1. The topological polar surface area (TPSA) is 78.5 Å². The van der Waals surface area contributed by atoms with Gasteiger partial charge in [-0.15, -0.1) is 0 Å². The monoisotopic (exact) mass is 576 g/mol. The highest BCUT2D eigenvalue weighted by molar-refractivity contribution is 8.01. The molecule has 1 aromatic heterocycles. The van der Waals surface area contributed by atoms with Crippen molar-refractivity contribution in [2.45, 2.75) is 38.1 Å². The molecule has 0 spiro atoms. The summed E-state index contributed by atoms with van der Waals surface area (Å²) in [5, 5.41) is 2.51. The molecule has 4 aromatic rings. The van der Waals surface area contributed by atoms with E-state index in [0.29, 0.717) is 48.4 Å². The Kier molecular flexibility index (Phi) is 7.23. The zero-order valence-electron chi connectivity index (χ0n) is 22.7. The number of fused-ring (bicyclic) bond motifs is 2. The van der Waals surface area contributed by atoms with Gasteiger partial charge in [-0.2, -0.15) is 0 Å². The number of aromatic nitrogens is 2. The second-order valence-electron chi connectivity index (χ2n) is 10.5. The van der Waals surface area contributed by atoms with E-state index in [9.17, 15) is 9.00 Å². The van der Waals surface area contributed by atoms with E-state index in [-0.39, 0.29) is 11.9 Å². The second kappa shape index (κ2) is 10.8. The zero-order valence-corrected chi connectivity index (χ0v) is 24.3. The molecular formula is C31H33ClN4O3S. The number of rotatable bonds is 5. The lowest BCUT2D eigenvalue weighted by atomic mass is 9.95. The summed E-state index contributed by atoms with van der Waals surface area (Å²) >= 11 is 6.13. The van der Waals surface area contributed by atoms with Crippen LogP contribution in [0.5, 0.6) is 5.75 Å². The summed E-state index contributed by atoms with van der Waals surface area (Å²) in [7, 11) is -2.51. The third-order valence-corrected chi connectivity index (χ3v) is 10.3. The van der Waals surface area contributed by atoms with Crippen LogP contribution in [-0.2, 0) is 9.71 Å². The molecular weight excluding hydrogens is 544 g/mol. The summed E-state index contributed by atoms with van der Waals surface area (Å²) in [6.45, 7) is 3.63. The molecule has 0 radical (unpaired) electrons. The molecule has 0 aliphatic carbocycles. The Balaban J connectivity index is 1.22. The number of H-pyrrole nitrogens is 1. The molecule has 2 aliphatic heterocycles. The van der Waals surface area contributed by atoms with Crippen molar-refractivity contribution in [3.63, 3.8) is 0 Å². The van der Waals surface area contributed by atoms with Crippen LogP contribution in [0.25, 0.3) is 11.0 Å². The SMILES string of the molecule is CCC=S(C)(=O)N1c2ccc(C(=O)N3CCC(c4nc5ccccc5[nH]4)CC3)cc2OCC1c1ccc(Cl)cc1. The fourth-order valence-electron chi connectivity index (χ4n) is 5.81. The minimum atomic E-state index is -2.51. The Hall–Kier alpha value is -3.49. The predicted molar refractivity (Wildman–Crippen MR) is 163 cm³/mol. The van der Waals surface area contributed by atoms with Crippen molar-refractivity contribution in [3.05, 3.63) is 88.7 Å². The van der Waals surface area contributed by atoms with Gasteiger partial charge in [-0.3, -0.25) is 9.10 Å². The molecule has 2 unspecified atom stereocenters. The summed E-state index contributed by atoms with van der Waals surface area (Å²) in [4.78, 5) is 23.7. The van der Waals surface area contributed by atoms with Gasteiger partial charge in [0.2, 0.25) is 0 Å². The standard InChI is InChI=1S/C31H33ClN4O3S/c1-3-18-40(2,38)36-27-13-10-23(19-29(27)39-20-28(36)21-8-11-24(32)12-9-21)31(37)35-16-14-22(15-17-35)30-33-25-6-4-5-7-26(25)34-30/h4-13,18-19,22,28H,3,14-17,20H2,1-2H3,(H,33,34). The van der Waals surface area contributed by atoms with Gasteiger partial charge in [0, 0.05) is 45.6 Å². The van der Waals surface area contributed by atoms with E-state index in [1.807, 2.05) is 82.2 Å². The van der Waals surface area contributed by atoms with Crippen LogP contribution in [0, 0.1) is 0 Å². The lowest BCUT2D eigenvalue weighted by Crippen LogP contribution is -2.41. The number of nitrogens with one attached hydrogen (secondary N) is 1. The average molecular weight is 577 g/mol. The minimum Gasteiger partial charge on any atom is -0.489 e. The average Bonchev–Trinajstić information content (AvgIpc) is 3.41. The van der Waals surface area contributed by atoms with Gasteiger partial charge in [-0.25, -0.2) is 9.19 Å². The van der Waals surface area contributed by atoms with Crippen LogP contribution < -0.4 is 9.04 Å². The molecule has 40 heavy (non-hydrogen) atoms. The van der Waals surface area contributed by atoms with Crippen LogP contribution in [0.4, 0.5) is 5.69 Å². The summed E-state index contributed by atoms with van der Waals surface area (Å²) in [5.41, 5.74) is 4.30. The highest BCUT2D eigenvalue weighted by atomic mass is 35.5. The summed E-state index contributed by atoms with van der Waals surface area (Å²) < 4.78 is 22.1. The van der Waals surface area contributed by atoms with Crippen molar-refractivity contribution in [3.8, 4) is 5.75 Å². The van der Waals surface area contributed by atoms with Gasteiger partial charge < -0.3 is 14.6 Å². The molecule has 1 N–H and O–H groups in total. The number of nitrogens with zero attached hydrogens (tertiary/aromatic N) is 3. The van der Waals surface area contributed by atoms with E-state index in [1.54, 1.807) is 12.3 Å². The number of carbonyl (C=O) groups excluding carboxylic acids is 1. The maximum atomic E-state index is 13.9. The first-order valence-electron chi connectivity index (χ1n) is 13.7. The highest BCUT2D eigenvalue weighted by Crippen LogP contribution is 2.42. The molecule has 0 bridgehead atoms. The van der Waals surface area contributed by atoms with Gasteiger partial charge in [0.1, 0.15) is 24.2 Å². The Morgan fingerprint density at radius 3 is 2.60 bits per heavy atom. The lowest BCUT2D eigenvalue weighted by Gasteiger charge is -2.40. The Morgan fingerprint density at radius 1 is 1.12 bits per heavy atom. The number of para-hydroxylation sites is 2. The first-order chi connectivity index (χ1) is 19.3. The van der Waals surface area contributed by atoms with Gasteiger partial charge in [0.25, 0.3) is 5.91 Å². The summed E-state index contributed by atoms with van der Waals surface area (Å²) in [5.74, 6) is 1.86. The number of ether oxygens (including phenoxy) is 1. The summed E-state index contributed by atoms with van der Waals surface area (Å²) in [6, 6.07) is 20.9. The first-order valence-corrected chi connectivity index (χ1v) is 16.1. The van der Waals surface area contributed by atoms with Gasteiger partial charge in [-0.05, 0) is 72.7 Å². The van der Waals surface area contributed by atoms with E-state index in [0.717, 1.165) is 41.0 Å². The zero-order chi connectivity index (χ0) is 27.9. The number of carbonyl (C=O) groups is 1. The van der Waals surface area contributed by atoms with Crippen molar-refractivity contribution in [1.82, 2.24) is 14.9 Å². The molecule has 9 heteroatoms. The number of anilines is 1. The number of amides is 1. The quantitative estimate of drug-likeness (QED) is 0.286. The van der Waals surface area contributed by atoms with Crippen LogP contribution >= 0.6 is 11.6 Å². The number of likely N-dealkylation sites (tertiary alicyclic amines) is 1. The van der Waals surface area contributed by atoms with Crippen molar-refractivity contribution < 1.29 is 13.7 Å². The van der Waals surface area contributed by atoms with Gasteiger partial charge >= 0.3 is 0 Å². The maximum absolute atomic E-state index is 13.9. The Labute approximate surface area is 240 Å². The number of benzene rings is 3. The molecule has 2 atom stereocenters. The number of hydrogen-bond donors (Lipinski definition) is 1. The third kappa shape index (κ3) is 5.06. The molecule has 2 aliphatic rings. The highest BCUT2D eigenvalue weighted by Gasteiger charge is 2.34. The van der Waals surface area contributed by atoms with Gasteiger partial charge in [0.15, 0.2) is 0 Å². The molecule has 1 saturated heterocycles. The number of hydrogen-bond acceptors (Lipinski definition) is 4. The fourth-order valence-corrected chi connectivity index (χ4v) is 7.94. The summed E-state index contributed by atoms with van der Waals surface area (Å²) in [6.07, 6.45) is 4.15. The molecule has 3 aromatic carbocycles. The molecule has 1 fully saturated rings. The van der Waals surface area contributed by atoms with E-state index >= 15 is 0 Å². The van der Waals surface area contributed by atoms with E-state index in [4.69, 9.17) is 21.3 Å². The number of aromatic amines is 1. The largest absolute Gasteiger partial charge is 0.489 e. The van der Waals surface area contributed by atoms with E-state index in [1.165, 1.54) is 0 Å². The molecule has 6 rings (SSSR count). The molecule has 0 saturated carbocycles. The first kappa shape index (κ1) is 26.7. The predicted octanol–water partition coefficient (Wildman–Crippen LogP) is 6.22. The van der Waals surface area contributed by atoms with Crippen LogP contribution in [0.2, 0.25) is 5.02 Å². The van der Waals surface area contributed by atoms with Crippen molar-refractivity contribution in [2.75, 3.05) is 30.3 Å². The minimum absolute atomic E-state index is 0.0156. The lowest BCUT2D eigenvalue weighted by molar-refractivity contribution is 0.0710. The molecule has 208 valence electrons. The van der Waals surface area contributed by atoms with Crippen molar-refractivity contribution in [1.29, 1.82) is 0 Å². The van der Waals surface area contributed by atoms with Gasteiger partial charge in [-0.1, -0.05) is 42.8 Å². The molecule has 7 nitrogen and oxygen atoms in total. The second-order valence-corrected chi connectivity index (χ2v) is 13.4. The van der Waals surface area contributed by atoms with Crippen LogP contribution in [0.1, 0.15) is 59.9 Å². The smallest absolute Gasteiger partial charge is 0.253 e. The van der Waals surface area contributed by atoms with Crippen LogP contribution in [0.15, 0.2) is 66.7 Å². The third-order valence-electron chi connectivity index (χ3n) is 7.82. The molecule has 3 heterocycles. The number of halogens is 1. The van der Waals surface area contributed by atoms with Crippen LogP contribution in [-0.4, -0.2) is 56.3 Å².